The molecule has 0 aliphatic rings. The number of rotatable bonds is 3. The molecule has 5 heteroatoms. The minimum absolute atomic E-state index is 0.0399. The number of halogens is 1. The zero-order valence-corrected chi connectivity index (χ0v) is 11.6. The van der Waals surface area contributed by atoms with E-state index >= 15 is 0 Å². The molecule has 3 rings (SSSR count). The summed E-state index contributed by atoms with van der Waals surface area (Å²) in [6, 6.07) is 12.1. The van der Waals surface area contributed by atoms with Crippen molar-refractivity contribution >= 4 is 40.2 Å². The number of phenolic OH excluding ortho intramolecular Hbond substituents is 1. The zero-order chi connectivity index (χ0) is 14.8. The molecule has 0 radical (unpaired) electrons. The van der Waals surface area contributed by atoms with Crippen LogP contribution in [0, 0.1) is 0 Å². The van der Waals surface area contributed by atoms with Crippen molar-refractivity contribution in [2.45, 2.75) is 0 Å². The lowest BCUT2D eigenvalue weighted by atomic mass is 10.2. The fraction of sp³-hybridized carbons (Fsp3) is 0. The first-order chi connectivity index (χ1) is 10.2. The lowest BCUT2D eigenvalue weighted by Crippen LogP contribution is -1.94. The van der Waals surface area contributed by atoms with Crippen LogP contribution in [0.25, 0.3) is 10.9 Å². The third kappa shape index (κ3) is 2.66. The van der Waals surface area contributed by atoms with Crippen LogP contribution in [0.2, 0.25) is 5.02 Å². The van der Waals surface area contributed by atoms with Gasteiger partial charge in [0.05, 0.1) is 11.1 Å². The van der Waals surface area contributed by atoms with Gasteiger partial charge in [-0.25, -0.2) is 0 Å². The molecule has 0 saturated carbocycles. The predicted molar refractivity (Wildman–Crippen MR) is 83.5 cm³/mol. The Kier molecular flexibility index (Phi) is 3.46. The summed E-state index contributed by atoms with van der Waals surface area (Å²) in [4.78, 5) is 15.1. The fourth-order valence-electron chi connectivity index (χ4n) is 2.11. The van der Waals surface area contributed by atoms with Gasteiger partial charge in [-0.05, 0) is 42.5 Å². The van der Waals surface area contributed by atoms with Crippen molar-refractivity contribution in [2.75, 3.05) is 5.32 Å². The van der Waals surface area contributed by atoms with E-state index in [0.717, 1.165) is 16.6 Å². The molecular formula is C16H11ClN2O2. The van der Waals surface area contributed by atoms with Crippen molar-refractivity contribution in [3.8, 4) is 5.75 Å². The maximum atomic E-state index is 10.9. The van der Waals surface area contributed by atoms with Gasteiger partial charge in [-0.2, -0.15) is 0 Å². The van der Waals surface area contributed by atoms with Gasteiger partial charge in [0.1, 0.15) is 5.75 Å². The number of fused-ring (bicyclic) bond motifs is 1. The molecule has 0 bridgehead atoms. The van der Waals surface area contributed by atoms with Crippen LogP contribution in [0.4, 0.5) is 11.4 Å². The number of aromatic nitrogens is 1. The minimum Gasteiger partial charge on any atom is -0.507 e. The average molecular weight is 303 g/mol. The van der Waals surface area contributed by atoms with Crippen LogP contribution in [0.3, 0.4) is 0 Å². The summed E-state index contributed by atoms with van der Waals surface area (Å²) >= 11 is 5.96. The molecule has 21 heavy (non-hydrogen) atoms. The standard InChI is InChI=1S/C16H11ClN2O2/c17-11-1-3-13-14(5-6-18-15(13)8-11)19-12-2-4-16(21)10(7-12)9-20/h1-9,21H,(H,18,19)/i5+1,6+1,9+1,14+1. The summed E-state index contributed by atoms with van der Waals surface area (Å²) < 4.78 is 0. The van der Waals surface area contributed by atoms with Crippen molar-refractivity contribution in [3.05, 3.63) is 59.2 Å². The van der Waals surface area contributed by atoms with Crippen molar-refractivity contribution in [2.24, 2.45) is 0 Å². The predicted octanol–water partition coefficient (Wildman–Crippen LogP) is 4.15. The summed E-state index contributed by atoms with van der Waals surface area (Å²) in [5.41, 5.74) is 2.57. The van der Waals surface area contributed by atoms with Crippen LogP contribution in [0.1, 0.15) is 10.4 Å². The normalized spacial score (nSPS) is 10.5. The lowest BCUT2D eigenvalue weighted by Gasteiger charge is -2.10. The molecule has 0 saturated heterocycles. The molecule has 0 atom stereocenters. The van der Waals surface area contributed by atoms with Gasteiger partial charge in [0.15, 0.2) is 6.29 Å². The average Bonchev–Trinajstić information content (AvgIpc) is 2.49. The maximum Gasteiger partial charge on any atom is 0.153 e. The Labute approximate surface area is 126 Å². The van der Waals surface area contributed by atoms with Crippen molar-refractivity contribution < 1.29 is 9.90 Å². The van der Waals surface area contributed by atoms with Gasteiger partial charge in [0.25, 0.3) is 0 Å². The van der Waals surface area contributed by atoms with E-state index in [-0.39, 0.29) is 11.3 Å². The number of anilines is 2. The van der Waals surface area contributed by atoms with Crippen molar-refractivity contribution in [3.63, 3.8) is 0 Å². The molecule has 104 valence electrons. The SMILES string of the molecule is O=[13CH]c1cc(N[13c]2[13cH][13cH]nc3cc(Cl)ccc32)ccc1O. The van der Waals surface area contributed by atoms with E-state index in [1.54, 1.807) is 30.5 Å². The van der Waals surface area contributed by atoms with Crippen molar-refractivity contribution in [1.82, 2.24) is 4.98 Å². The molecule has 0 aliphatic heterocycles. The molecule has 1 aromatic heterocycles. The summed E-state index contributed by atoms with van der Waals surface area (Å²) in [6.45, 7) is 0. The first-order valence-electron chi connectivity index (χ1n) is 6.27. The highest BCUT2D eigenvalue weighted by Gasteiger charge is 2.05. The Morgan fingerprint density at radius 1 is 1.14 bits per heavy atom. The monoisotopic (exact) mass is 302 g/mol. The van der Waals surface area contributed by atoms with Crippen LogP contribution in [-0.2, 0) is 0 Å². The Morgan fingerprint density at radius 3 is 2.81 bits per heavy atom. The number of phenols is 1. The van der Waals surface area contributed by atoms with E-state index in [2.05, 4.69) is 10.3 Å². The molecule has 0 spiro atoms. The van der Waals surface area contributed by atoms with Gasteiger partial charge in [-0.3, -0.25) is 9.78 Å². The van der Waals surface area contributed by atoms with E-state index in [1.165, 1.54) is 6.07 Å². The molecular weight excluding hydrogens is 292 g/mol. The van der Waals surface area contributed by atoms with Crippen LogP contribution in [0.15, 0.2) is 48.7 Å². The van der Waals surface area contributed by atoms with Gasteiger partial charge in [0.2, 0.25) is 0 Å². The van der Waals surface area contributed by atoms with Crippen molar-refractivity contribution in [1.29, 1.82) is 0 Å². The zero-order valence-electron chi connectivity index (χ0n) is 10.9. The van der Waals surface area contributed by atoms with Crippen LogP contribution < -0.4 is 5.32 Å². The molecule has 2 aromatic carbocycles. The van der Waals surface area contributed by atoms with Gasteiger partial charge >= 0.3 is 0 Å². The molecule has 2 N–H and O–H groups in total. The Bertz CT molecular complexity index is 834. The second kappa shape index (κ2) is 5.42. The highest BCUT2D eigenvalue weighted by molar-refractivity contribution is 6.31. The quantitative estimate of drug-likeness (QED) is 0.433. The van der Waals surface area contributed by atoms with E-state index in [4.69, 9.17) is 11.6 Å². The number of aromatic hydroxyl groups is 1. The Morgan fingerprint density at radius 2 is 2.00 bits per heavy atom. The van der Waals surface area contributed by atoms with E-state index in [9.17, 15) is 9.90 Å². The Hall–Kier alpha value is -2.59. The number of hydrogen-bond acceptors (Lipinski definition) is 4. The number of carbonyl (C=O) groups is 1. The van der Waals surface area contributed by atoms with Crippen LogP contribution >= 0.6 is 11.6 Å². The first kappa shape index (κ1) is 13.4. The van der Waals surface area contributed by atoms with E-state index in [0.29, 0.717) is 17.0 Å². The number of hydrogen-bond donors (Lipinski definition) is 2. The van der Waals surface area contributed by atoms with Crippen LogP contribution in [-0.4, -0.2) is 16.4 Å². The minimum atomic E-state index is -0.0399. The maximum absolute atomic E-state index is 10.9. The third-order valence-electron chi connectivity index (χ3n) is 3.14. The number of aldehydes is 1. The molecule has 0 fully saturated rings. The number of pyridine rings is 1. The molecule has 0 unspecified atom stereocenters. The van der Waals surface area contributed by atoms with E-state index < -0.39 is 0 Å². The summed E-state index contributed by atoms with van der Waals surface area (Å²) in [7, 11) is 0. The van der Waals surface area contributed by atoms with Gasteiger partial charge in [0, 0.05) is 28.0 Å². The smallest absolute Gasteiger partial charge is 0.153 e. The second-order valence-corrected chi connectivity index (χ2v) is 4.97. The van der Waals surface area contributed by atoms with E-state index in [1.807, 2.05) is 12.1 Å². The lowest BCUT2D eigenvalue weighted by molar-refractivity contribution is 0.112. The summed E-state index contributed by atoms with van der Waals surface area (Å²) in [6.07, 6.45) is 2.30. The Balaban J connectivity index is 2.04. The number of nitrogens with one attached hydrogen (secondary N) is 1. The fourth-order valence-corrected chi connectivity index (χ4v) is 2.28. The summed E-state index contributed by atoms with van der Waals surface area (Å²) in [5.74, 6) is -0.0399. The molecule has 3 aromatic rings. The topological polar surface area (TPSA) is 62.2 Å². The highest BCUT2D eigenvalue weighted by atomic mass is 35.5. The van der Waals surface area contributed by atoms with Gasteiger partial charge in [-0.1, -0.05) is 11.6 Å². The molecule has 0 amide bonds. The first-order valence-corrected chi connectivity index (χ1v) is 6.64. The van der Waals surface area contributed by atoms with Crippen LogP contribution in [0.5, 0.6) is 5.75 Å². The highest BCUT2D eigenvalue weighted by Crippen LogP contribution is 2.28. The third-order valence-corrected chi connectivity index (χ3v) is 3.37. The number of nitrogens with zero attached hydrogens (tertiary/aromatic N) is 1. The number of carbonyl (C=O) groups excluding carboxylic acids is 1. The van der Waals surface area contributed by atoms with Gasteiger partial charge < -0.3 is 10.4 Å². The molecule has 1 heterocycles. The summed E-state index contributed by atoms with van der Waals surface area (Å²) in [5, 5.41) is 14.3. The number of benzene rings is 2. The second-order valence-electron chi connectivity index (χ2n) is 4.54. The largest absolute Gasteiger partial charge is 0.507 e. The molecule has 4 nitrogen and oxygen atoms in total. The molecule has 0 aliphatic carbocycles. The van der Waals surface area contributed by atoms with Gasteiger partial charge in [-0.15, -0.1) is 0 Å².